The first-order valence-corrected chi connectivity index (χ1v) is 8.70. The van der Waals surface area contributed by atoms with Crippen LogP contribution in [0.3, 0.4) is 0 Å². The van der Waals surface area contributed by atoms with Gasteiger partial charge in [-0.25, -0.2) is 9.97 Å². The third-order valence-corrected chi connectivity index (χ3v) is 5.40. The normalized spacial score (nSPS) is 17.4. The smallest absolute Gasteiger partial charge is 0.244 e. The molecule has 0 unspecified atom stereocenters. The second kappa shape index (κ2) is 6.87. The van der Waals surface area contributed by atoms with Crippen molar-refractivity contribution in [3.63, 3.8) is 0 Å². The summed E-state index contributed by atoms with van der Waals surface area (Å²) in [4.78, 5) is 8.05. The summed E-state index contributed by atoms with van der Waals surface area (Å²) in [5.74, 6) is -4.04. The second-order valence-electron chi connectivity index (χ2n) is 6.16. The van der Waals surface area contributed by atoms with Crippen molar-refractivity contribution in [1.82, 2.24) is 9.97 Å². The van der Waals surface area contributed by atoms with Crippen LogP contribution in [0.4, 0.5) is 17.6 Å². The number of alkyl halides is 4. The highest BCUT2D eigenvalue weighted by molar-refractivity contribution is 8.00. The number of halogens is 4. The van der Waals surface area contributed by atoms with Crippen LogP contribution in [0.25, 0.3) is 11.1 Å². The number of allylic oxidation sites excluding steroid dienone is 2. The van der Waals surface area contributed by atoms with E-state index in [1.807, 2.05) is 0 Å². The zero-order valence-electron chi connectivity index (χ0n) is 13.8. The van der Waals surface area contributed by atoms with Crippen molar-refractivity contribution < 1.29 is 17.6 Å². The van der Waals surface area contributed by atoms with E-state index in [4.69, 9.17) is 0 Å². The highest BCUT2D eigenvalue weighted by Crippen LogP contribution is 2.53. The molecular weight excluding hydrogens is 364 g/mol. The van der Waals surface area contributed by atoms with Gasteiger partial charge in [-0.2, -0.15) is 17.6 Å². The molecule has 0 radical (unpaired) electrons. The fourth-order valence-electron chi connectivity index (χ4n) is 2.64. The first-order valence-electron chi connectivity index (χ1n) is 7.88. The Bertz CT molecular complexity index is 850. The highest BCUT2D eigenvalue weighted by atomic mass is 32.2. The number of benzene rings is 1. The molecule has 0 aliphatic carbocycles. The van der Waals surface area contributed by atoms with E-state index in [0.29, 0.717) is 18.4 Å². The number of nitrogens with zero attached hydrogens (tertiary/aromatic N) is 2. The van der Waals surface area contributed by atoms with Gasteiger partial charge in [-0.15, -0.1) is 0 Å². The summed E-state index contributed by atoms with van der Waals surface area (Å²) < 4.78 is 54.2. The van der Waals surface area contributed by atoms with Crippen LogP contribution in [-0.4, -0.2) is 21.1 Å². The first-order chi connectivity index (χ1) is 12.2. The summed E-state index contributed by atoms with van der Waals surface area (Å²) in [5.41, 5.74) is 3.28. The average Bonchev–Trinajstić information content (AvgIpc) is 2.60. The SMILES string of the molecule is C=C(CCC(=C)c1ccc2c(c1)SC(F)(F)C(F)(F)C2)c1cncnc1. The van der Waals surface area contributed by atoms with Crippen LogP contribution in [-0.2, 0) is 6.42 Å². The fraction of sp³-hybridized carbons (Fsp3) is 0.263. The zero-order valence-corrected chi connectivity index (χ0v) is 14.6. The van der Waals surface area contributed by atoms with Crippen molar-refractivity contribution in [3.8, 4) is 0 Å². The Morgan fingerprint density at radius 3 is 2.27 bits per heavy atom. The standard InChI is InChI=1S/C19H16F4N2S/c1-12(3-4-13(2)16-9-24-11-25-10-16)14-5-6-15-8-18(20,21)19(22,23)26-17(15)7-14/h5-7,9-11H,1-4,8H2. The zero-order chi connectivity index (χ0) is 18.9. The van der Waals surface area contributed by atoms with Crippen LogP contribution >= 0.6 is 11.8 Å². The predicted octanol–water partition coefficient (Wildman–Crippen LogP) is 5.86. The number of thioether (sulfide) groups is 1. The molecule has 26 heavy (non-hydrogen) atoms. The minimum absolute atomic E-state index is 0.0846. The van der Waals surface area contributed by atoms with E-state index in [9.17, 15) is 17.6 Å². The molecule has 1 aromatic heterocycles. The van der Waals surface area contributed by atoms with Gasteiger partial charge in [0.05, 0.1) is 0 Å². The van der Waals surface area contributed by atoms with Crippen LogP contribution in [0.1, 0.15) is 29.5 Å². The molecule has 1 aliphatic heterocycles. The Kier molecular flexibility index (Phi) is 4.92. The van der Waals surface area contributed by atoms with Crippen molar-refractivity contribution in [3.05, 3.63) is 66.8 Å². The highest BCUT2D eigenvalue weighted by Gasteiger charge is 2.59. The van der Waals surface area contributed by atoms with Gasteiger partial charge in [-0.1, -0.05) is 25.3 Å². The number of aromatic nitrogens is 2. The van der Waals surface area contributed by atoms with Gasteiger partial charge in [0.1, 0.15) is 6.33 Å². The predicted molar refractivity (Wildman–Crippen MR) is 95.2 cm³/mol. The number of fused-ring (bicyclic) bond motifs is 1. The largest absolute Gasteiger partial charge is 0.360 e. The van der Waals surface area contributed by atoms with Crippen molar-refractivity contribution in [2.45, 2.75) is 35.3 Å². The van der Waals surface area contributed by atoms with E-state index in [0.717, 1.165) is 16.7 Å². The maximum absolute atomic E-state index is 13.6. The lowest BCUT2D eigenvalue weighted by atomic mass is 9.96. The van der Waals surface area contributed by atoms with Gasteiger partial charge in [0.15, 0.2) is 0 Å². The molecule has 0 atom stereocenters. The molecule has 1 aromatic carbocycles. The molecule has 0 fully saturated rings. The van der Waals surface area contributed by atoms with E-state index < -0.39 is 17.6 Å². The minimum atomic E-state index is -4.11. The molecule has 2 heterocycles. The Hall–Kier alpha value is -2.15. The number of rotatable bonds is 5. The Morgan fingerprint density at radius 2 is 1.62 bits per heavy atom. The lowest BCUT2D eigenvalue weighted by Gasteiger charge is -2.31. The number of hydrogen-bond acceptors (Lipinski definition) is 3. The van der Waals surface area contributed by atoms with E-state index in [-0.39, 0.29) is 22.2 Å². The molecule has 1 aliphatic rings. The van der Waals surface area contributed by atoms with Gasteiger partial charge in [0.25, 0.3) is 0 Å². The monoisotopic (exact) mass is 380 g/mol. The molecular formula is C19H16F4N2S. The molecule has 0 bridgehead atoms. The maximum Gasteiger partial charge on any atom is 0.360 e. The van der Waals surface area contributed by atoms with Crippen LogP contribution in [0.2, 0.25) is 0 Å². The Labute approximate surface area is 153 Å². The van der Waals surface area contributed by atoms with Gasteiger partial charge in [-0.05, 0) is 52.9 Å². The molecule has 0 saturated heterocycles. The van der Waals surface area contributed by atoms with Crippen molar-refractivity contribution >= 4 is 22.9 Å². The summed E-state index contributed by atoms with van der Waals surface area (Å²) in [5, 5.41) is -4.11. The van der Waals surface area contributed by atoms with E-state index >= 15 is 0 Å². The molecule has 0 saturated carbocycles. The number of hydrogen-bond donors (Lipinski definition) is 0. The lowest BCUT2D eigenvalue weighted by Crippen LogP contribution is -2.42. The molecule has 7 heteroatoms. The maximum atomic E-state index is 13.6. The minimum Gasteiger partial charge on any atom is -0.244 e. The third kappa shape index (κ3) is 3.67. The molecule has 2 nitrogen and oxygen atoms in total. The van der Waals surface area contributed by atoms with Gasteiger partial charge in [0, 0.05) is 29.3 Å². The average molecular weight is 380 g/mol. The van der Waals surface area contributed by atoms with Crippen LogP contribution < -0.4 is 0 Å². The van der Waals surface area contributed by atoms with Crippen molar-refractivity contribution in [2.24, 2.45) is 0 Å². The fourth-order valence-corrected chi connectivity index (χ4v) is 3.60. The first kappa shape index (κ1) is 18.6. The van der Waals surface area contributed by atoms with Crippen LogP contribution in [0, 0.1) is 0 Å². The van der Waals surface area contributed by atoms with Crippen LogP contribution in [0.15, 0.2) is 55.0 Å². The van der Waals surface area contributed by atoms with Gasteiger partial charge < -0.3 is 0 Å². The van der Waals surface area contributed by atoms with E-state index in [2.05, 4.69) is 23.1 Å². The van der Waals surface area contributed by atoms with Gasteiger partial charge >= 0.3 is 11.2 Å². The molecule has 136 valence electrons. The molecule has 0 amide bonds. The second-order valence-corrected chi connectivity index (χ2v) is 7.31. The molecule has 0 N–H and O–H groups in total. The summed E-state index contributed by atoms with van der Waals surface area (Å²) in [7, 11) is 0. The van der Waals surface area contributed by atoms with Gasteiger partial charge in [0.2, 0.25) is 0 Å². The molecule has 0 spiro atoms. The molecule has 2 aromatic rings. The van der Waals surface area contributed by atoms with Crippen molar-refractivity contribution in [1.29, 1.82) is 0 Å². The summed E-state index contributed by atoms with van der Waals surface area (Å²) >= 11 is -0.0846. The Balaban J connectivity index is 1.71. The topological polar surface area (TPSA) is 25.8 Å². The summed E-state index contributed by atoms with van der Waals surface area (Å²) in [6.07, 6.45) is 4.96. The molecule has 3 rings (SSSR count). The van der Waals surface area contributed by atoms with Crippen molar-refractivity contribution in [2.75, 3.05) is 0 Å². The quantitative estimate of drug-likeness (QED) is 0.608. The van der Waals surface area contributed by atoms with E-state index in [1.165, 1.54) is 18.5 Å². The van der Waals surface area contributed by atoms with E-state index in [1.54, 1.807) is 18.5 Å². The lowest BCUT2D eigenvalue weighted by molar-refractivity contribution is -0.153. The summed E-state index contributed by atoms with van der Waals surface area (Å²) in [6.45, 7) is 7.98. The summed E-state index contributed by atoms with van der Waals surface area (Å²) in [6, 6.07) is 4.64. The van der Waals surface area contributed by atoms with Gasteiger partial charge in [-0.3, -0.25) is 0 Å². The third-order valence-electron chi connectivity index (χ3n) is 4.25. The van der Waals surface area contributed by atoms with Crippen LogP contribution in [0.5, 0.6) is 0 Å². The Morgan fingerprint density at radius 1 is 1.00 bits per heavy atom.